The van der Waals surface area contributed by atoms with Gasteiger partial charge in [-0.1, -0.05) is 37.1 Å². The molecule has 2 amide bonds. The van der Waals surface area contributed by atoms with Crippen molar-refractivity contribution in [1.82, 2.24) is 10.2 Å². The summed E-state index contributed by atoms with van der Waals surface area (Å²) in [4.78, 5) is 27.0. The van der Waals surface area contributed by atoms with Crippen LogP contribution in [0.4, 0.5) is 8.78 Å². The van der Waals surface area contributed by atoms with Crippen LogP contribution in [0.5, 0.6) is 5.75 Å². The molecule has 160 valence electrons. The van der Waals surface area contributed by atoms with Gasteiger partial charge in [0.05, 0.1) is 0 Å². The van der Waals surface area contributed by atoms with Crippen molar-refractivity contribution in [3.8, 4) is 5.75 Å². The summed E-state index contributed by atoms with van der Waals surface area (Å²) in [6.07, 6.45) is 4.02. The van der Waals surface area contributed by atoms with Crippen LogP contribution in [0.15, 0.2) is 48.5 Å². The first-order chi connectivity index (χ1) is 14.4. The predicted molar refractivity (Wildman–Crippen MR) is 109 cm³/mol. The molecule has 1 aliphatic rings. The lowest BCUT2D eigenvalue weighted by atomic mass is 10.1. The summed E-state index contributed by atoms with van der Waals surface area (Å²) in [7, 11) is 0. The second-order valence-corrected chi connectivity index (χ2v) is 7.53. The molecule has 1 saturated carbocycles. The van der Waals surface area contributed by atoms with E-state index in [0.29, 0.717) is 5.56 Å². The van der Waals surface area contributed by atoms with E-state index in [1.165, 1.54) is 35.2 Å². The van der Waals surface area contributed by atoms with Crippen LogP contribution in [0.3, 0.4) is 0 Å². The monoisotopic (exact) mass is 416 g/mol. The van der Waals surface area contributed by atoms with E-state index in [-0.39, 0.29) is 30.1 Å². The van der Waals surface area contributed by atoms with E-state index in [9.17, 15) is 18.4 Å². The van der Waals surface area contributed by atoms with Crippen LogP contribution in [0.25, 0.3) is 0 Å². The van der Waals surface area contributed by atoms with Gasteiger partial charge in [-0.05, 0) is 49.6 Å². The number of carbonyl (C=O) groups is 2. The Bertz CT molecular complexity index is 867. The number of nitrogens with one attached hydrogen (secondary N) is 1. The number of hydrogen-bond donors (Lipinski definition) is 1. The second kappa shape index (κ2) is 10.2. The molecule has 3 rings (SSSR count). The van der Waals surface area contributed by atoms with E-state index in [0.717, 1.165) is 25.7 Å². The molecule has 2 aromatic rings. The van der Waals surface area contributed by atoms with Crippen molar-refractivity contribution in [3.63, 3.8) is 0 Å². The summed E-state index contributed by atoms with van der Waals surface area (Å²) in [6, 6.07) is 10.9. The van der Waals surface area contributed by atoms with Gasteiger partial charge in [-0.25, -0.2) is 8.78 Å². The lowest BCUT2D eigenvalue weighted by molar-refractivity contribution is -0.142. The molecule has 0 unspecified atom stereocenters. The van der Waals surface area contributed by atoms with Crippen LogP contribution in [0, 0.1) is 11.6 Å². The highest BCUT2D eigenvalue weighted by atomic mass is 19.1. The first kappa shape index (κ1) is 21.7. The van der Waals surface area contributed by atoms with Crippen LogP contribution < -0.4 is 10.1 Å². The molecule has 0 spiro atoms. The van der Waals surface area contributed by atoms with E-state index in [2.05, 4.69) is 5.32 Å². The minimum atomic E-state index is -0.757. The molecule has 1 aliphatic carbocycles. The molecule has 0 heterocycles. The standard InChI is InChI=1S/C23H26F2N2O3/c1-16(23(29)26-19-6-2-3-7-19)27(14-17-10-12-18(24)13-11-17)22(28)15-30-21-9-5-4-8-20(21)25/h4-5,8-13,16,19H,2-3,6-7,14-15H2,1H3,(H,26,29)/t16-/m1/s1. The smallest absolute Gasteiger partial charge is 0.261 e. The Morgan fingerprint density at radius 1 is 1.10 bits per heavy atom. The molecule has 1 fully saturated rings. The Morgan fingerprint density at radius 2 is 1.77 bits per heavy atom. The van der Waals surface area contributed by atoms with Gasteiger partial charge in [0.2, 0.25) is 5.91 Å². The molecular weight excluding hydrogens is 390 g/mol. The number of hydrogen-bond acceptors (Lipinski definition) is 3. The van der Waals surface area contributed by atoms with Gasteiger partial charge in [0.1, 0.15) is 11.9 Å². The zero-order valence-corrected chi connectivity index (χ0v) is 16.9. The Balaban J connectivity index is 1.71. The first-order valence-corrected chi connectivity index (χ1v) is 10.2. The molecule has 0 radical (unpaired) electrons. The zero-order chi connectivity index (χ0) is 21.5. The minimum Gasteiger partial charge on any atom is -0.481 e. The number of carbonyl (C=O) groups excluding carboxylic acids is 2. The van der Waals surface area contributed by atoms with E-state index >= 15 is 0 Å². The summed E-state index contributed by atoms with van der Waals surface area (Å²) < 4.78 is 32.4. The van der Waals surface area contributed by atoms with Crippen LogP contribution in [-0.2, 0) is 16.1 Å². The lowest BCUT2D eigenvalue weighted by Gasteiger charge is -2.29. The summed E-state index contributed by atoms with van der Waals surface area (Å²) in [5, 5.41) is 3.00. The largest absolute Gasteiger partial charge is 0.481 e. The number of halogens is 2. The SMILES string of the molecule is C[C@H](C(=O)NC1CCCC1)N(Cc1ccc(F)cc1)C(=O)COc1ccccc1F. The number of amides is 2. The van der Waals surface area contributed by atoms with E-state index in [1.54, 1.807) is 25.1 Å². The number of para-hydroxylation sites is 1. The van der Waals surface area contributed by atoms with Crippen LogP contribution >= 0.6 is 0 Å². The summed E-state index contributed by atoms with van der Waals surface area (Å²) in [6.45, 7) is 1.34. The topological polar surface area (TPSA) is 58.6 Å². The van der Waals surface area contributed by atoms with Gasteiger partial charge >= 0.3 is 0 Å². The molecule has 1 N–H and O–H groups in total. The van der Waals surface area contributed by atoms with Gasteiger partial charge in [0.15, 0.2) is 18.2 Å². The molecule has 7 heteroatoms. The van der Waals surface area contributed by atoms with Crippen molar-refractivity contribution in [2.24, 2.45) is 0 Å². The Hall–Kier alpha value is -2.96. The molecule has 0 aromatic heterocycles. The average molecular weight is 416 g/mol. The van der Waals surface area contributed by atoms with Crippen molar-refractivity contribution in [3.05, 3.63) is 65.7 Å². The fourth-order valence-corrected chi connectivity index (χ4v) is 3.55. The first-order valence-electron chi connectivity index (χ1n) is 10.2. The van der Waals surface area contributed by atoms with E-state index < -0.39 is 24.4 Å². The Morgan fingerprint density at radius 3 is 2.43 bits per heavy atom. The van der Waals surface area contributed by atoms with E-state index in [4.69, 9.17) is 4.74 Å². The summed E-state index contributed by atoms with van der Waals surface area (Å²) in [5.41, 5.74) is 0.677. The van der Waals surface area contributed by atoms with Gasteiger partial charge in [0.25, 0.3) is 5.91 Å². The highest BCUT2D eigenvalue weighted by Gasteiger charge is 2.28. The maximum atomic E-state index is 13.8. The van der Waals surface area contributed by atoms with Crippen LogP contribution in [-0.4, -0.2) is 35.4 Å². The zero-order valence-electron chi connectivity index (χ0n) is 16.9. The maximum absolute atomic E-state index is 13.8. The number of benzene rings is 2. The van der Waals surface area contributed by atoms with Crippen LogP contribution in [0.2, 0.25) is 0 Å². The van der Waals surface area contributed by atoms with Crippen molar-refractivity contribution >= 4 is 11.8 Å². The third-order valence-electron chi connectivity index (χ3n) is 5.32. The Kier molecular flexibility index (Phi) is 7.38. The number of rotatable bonds is 8. The lowest BCUT2D eigenvalue weighted by Crippen LogP contribution is -2.50. The molecule has 1 atom stereocenters. The molecular formula is C23H26F2N2O3. The van der Waals surface area contributed by atoms with Gasteiger partial charge in [-0.15, -0.1) is 0 Å². The van der Waals surface area contributed by atoms with Crippen LogP contribution in [0.1, 0.15) is 38.2 Å². The minimum absolute atomic E-state index is 0.0318. The van der Waals surface area contributed by atoms with Crippen molar-refractivity contribution < 1.29 is 23.1 Å². The number of nitrogens with zero attached hydrogens (tertiary/aromatic N) is 1. The second-order valence-electron chi connectivity index (χ2n) is 7.53. The Labute approximate surface area is 175 Å². The predicted octanol–water partition coefficient (Wildman–Crippen LogP) is 3.82. The molecule has 0 bridgehead atoms. The molecule has 5 nitrogen and oxygen atoms in total. The van der Waals surface area contributed by atoms with Gasteiger partial charge in [-0.2, -0.15) is 0 Å². The third kappa shape index (κ3) is 5.78. The highest BCUT2D eigenvalue weighted by Crippen LogP contribution is 2.19. The summed E-state index contributed by atoms with van der Waals surface area (Å²) >= 11 is 0. The number of ether oxygens (including phenoxy) is 1. The fraction of sp³-hybridized carbons (Fsp3) is 0.391. The fourth-order valence-electron chi connectivity index (χ4n) is 3.55. The quantitative estimate of drug-likeness (QED) is 0.712. The molecule has 2 aromatic carbocycles. The molecule has 0 aliphatic heterocycles. The summed E-state index contributed by atoms with van der Waals surface area (Å²) in [5.74, 6) is -1.69. The third-order valence-corrected chi connectivity index (χ3v) is 5.32. The average Bonchev–Trinajstić information content (AvgIpc) is 3.25. The van der Waals surface area contributed by atoms with Gasteiger partial charge < -0.3 is 15.0 Å². The molecule has 30 heavy (non-hydrogen) atoms. The maximum Gasteiger partial charge on any atom is 0.261 e. The molecule has 0 saturated heterocycles. The van der Waals surface area contributed by atoms with Gasteiger partial charge in [0, 0.05) is 12.6 Å². The van der Waals surface area contributed by atoms with Crippen molar-refractivity contribution in [2.75, 3.05) is 6.61 Å². The van der Waals surface area contributed by atoms with Crippen molar-refractivity contribution in [2.45, 2.75) is 51.2 Å². The van der Waals surface area contributed by atoms with E-state index in [1.807, 2.05) is 0 Å². The van der Waals surface area contributed by atoms with Crippen molar-refractivity contribution in [1.29, 1.82) is 0 Å². The van der Waals surface area contributed by atoms with Gasteiger partial charge in [-0.3, -0.25) is 9.59 Å². The highest BCUT2D eigenvalue weighted by molar-refractivity contribution is 5.88. The normalized spacial score (nSPS) is 14.9.